The number of nitrogens with zero attached hydrogens (tertiary/aromatic N) is 4. The van der Waals surface area contributed by atoms with Crippen LogP contribution in [-0.4, -0.2) is 63.7 Å². The number of piperidine rings is 1. The van der Waals surface area contributed by atoms with E-state index >= 15 is 0 Å². The molecule has 0 atom stereocenters. The van der Waals surface area contributed by atoms with E-state index in [1.165, 1.54) is 21.1 Å². The summed E-state index contributed by atoms with van der Waals surface area (Å²) in [5.74, 6) is -0.160. The maximum Gasteiger partial charge on any atom is 0.267 e. The molecule has 0 aromatic carbocycles. The molecule has 1 amide bonds. The number of rotatable bonds is 2. The number of ether oxygens (including phenoxy) is 2. The Kier molecular flexibility index (Phi) is 4.89. The molecule has 3 aliphatic heterocycles. The summed E-state index contributed by atoms with van der Waals surface area (Å²) in [5.41, 5.74) is 0.730. The Morgan fingerprint density at radius 3 is 2.60 bits per heavy atom. The highest BCUT2D eigenvalue weighted by molar-refractivity contribution is 8.26. The first-order valence-electron chi connectivity index (χ1n) is 9.73. The molecule has 0 unspecified atom stereocenters. The van der Waals surface area contributed by atoms with Gasteiger partial charge in [0.1, 0.15) is 15.8 Å². The van der Waals surface area contributed by atoms with Gasteiger partial charge in [-0.3, -0.25) is 18.9 Å². The summed E-state index contributed by atoms with van der Waals surface area (Å²) in [6, 6.07) is 5.43. The molecule has 8 nitrogen and oxygen atoms in total. The number of aromatic nitrogens is 2. The molecule has 30 heavy (non-hydrogen) atoms. The molecule has 0 bridgehead atoms. The van der Waals surface area contributed by atoms with E-state index in [0.717, 1.165) is 0 Å². The molecule has 1 spiro atoms. The lowest BCUT2D eigenvalue weighted by atomic mass is 10.0. The molecular weight excluding hydrogens is 424 g/mol. The summed E-state index contributed by atoms with van der Waals surface area (Å²) in [6.07, 6.45) is 4.70. The fraction of sp³-hybridized carbons (Fsp3) is 0.400. The number of hydrogen-bond donors (Lipinski definition) is 0. The number of likely N-dealkylation sites (N-methyl/N-ethyl adjacent to an activating group) is 1. The van der Waals surface area contributed by atoms with E-state index in [0.29, 0.717) is 65.4 Å². The minimum Gasteiger partial charge on any atom is -0.355 e. The molecule has 0 aliphatic carbocycles. The Bertz CT molecular complexity index is 1130. The first kappa shape index (κ1) is 19.7. The number of thiocarbonyl (C=S) groups is 1. The van der Waals surface area contributed by atoms with Crippen molar-refractivity contribution in [1.82, 2.24) is 14.3 Å². The lowest BCUT2D eigenvalue weighted by molar-refractivity contribution is -0.169. The monoisotopic (exact) mass is 444 g/mol. The van der Waals surface area contributed by atoms with E-state index in [4.69, 9.17) is 26.7 Å². The van der Waals surface area contributed by atoms with Gasteiger partial charge in [-0.2, -0.15) is 0 Å². The molecule has 3 saturated heterocycles. The molecule has 156 valence electrons. The van der Waals surface area contributed by atoms with E-state index < -0.39 is 5.79 Å². The molecule has 3 aliphatic rings. The molecule has 2 aromatic heterocycles. The summed E-state index contributed by atoms with van der Waals surface area (Å²) in [4.78, 5) is 34.5. The summed E-state index contributed by atoms with van der Waals surface area (Å²) >= 11 is 6.42. The molecule has 0 saturated carbocycles. The van der Waals surface area contributed by atoms with Crippen LogP contribution in [0.25, 0.3) is 11.7 Å². The van der Waals surface area contributed by atoms with E-state index in [-0.39, 0.29) is 11.5 Å². The van der Waals surface area contributed by atoms with Crippen molar-refractivity contribution in [2.45, 2.75) is 18.6 Å². The Hall–Kier alpha value is -2.27. The van der Waals surface area contributed by atoms with Crippen LogP contribution in [0.4, 0.5) is 5.82 Å². The highest BCUT2D eigenvalue weighted by atomic mass is 32.2. The van der Waals surface area contributed by atoms with Crippen LogP contribution in [0.3, 0.4) is 0 Å². The van der Waals surface area contributed by atoms with Crippen molar-refractivity contribution in [3.05, 3.63) is 45.2 Å². The van der Waals surface area contributed by atoms with Gasteiger partial charge in [0.05, 0.1) is 23.7 Å². The zero-order valence-corrected chi connectivity index (χ0v) is 18.0. The van der Waals surface area contributed by atoms with Crippen molar-refractivity contribution in [3.8, 4) is 0 Å². The van der Waals surface area contributed by atoms with Crippen LogP contribution in [0.1, 0.15) is 18.4 Å². The lowest BCUT2D eigenvalue weighted by Gasteiger charge is -2.38. The van der Waals surface area contributed by atoms with E-state index in [1.54, 1.807) is 31.5 Å². The first-order chi connectivity index (χ1) is 14.5. The average Bonchev–Trinajstić information content (AvgIpc) is 3.31. The summed E-state index contributed by atoms with van der Waals surface area (Å²) in [6.45, 7) is 2.51. The number of amides is 1. The molecule has 0 N–H and O–H groups in total. The number of carbonyl (C=O) groups excluding carboxylic acids is 1. The second-order valence-electron chi connectivity index (χ2n) is 7.42. The number of fused-ring (bicyclic) bond motifs is 1. The molecule has 0 radical (unpaired) electrons. The van der Waals surface area contributed by atoms with Crippen LogP contribution >= 0.6 is 24.0 Å². The summed E-state index contributed by atoms with van der Waals surface area (Å²) < 4.78 is 13.6. The van der Waals surface area contributed by atoms with Gasteiger partial charge < -0.3 is 14.4 Å². The third kappa shape index (κ3) is 3.24. The van der Waals surface area contributed by atoms with Gasteiger partial charge in [0, 0.05) is 39.2 Å². The predicted octanol–water partition coefficient (Wildman–Crippen LogP) is 1.87. The van der Waals surface area contributed by atoms with Gasteiger partial charge in [-0.15, -0.1) is 0 Å². The molecule has 5 rings (SSSR count). The summed E-state index contributed by atoms with van der Waals surface area (Å²) in [7, 11) is 1.64. The first-order valence-corrected chi connectivity index (χ1v) is 11.0. The fourth-order valence-corrected chi connectivity index (χ4v) is 5.14. The van der Waals surface area contributed by atoms with Crippen LogP contribution < -0.4 is 10.5 Å². The largest absolute Gasteiger partial charge is 0.355 e. The Morgan fingerprint density at radius 1 is 1.20 bits per heavy atom. The second kappa shape index (κ2) is 7.45. The van der Waals surface area contributed by atoms with Crippen LogP contribution in [0.5, 0.6) is 0 Å². The molecule has 2 aromatic rings. The minimum absolute atomic E-state index is 0.209. The smallest absolute Gasteiger partial charge is 0.267 e. The Morgan fingerprint density at radius 2 is 1.93 bits per heavy atom. The highest BCUT2D eigenvalue weighted by Crippen LogP contribution is 2.35. The van der Waals surface area contributed by atoms with Gasteiger partial charge in [0.15, 0.2) is 5.79 Å². The van der Waals surface area contributed by atoms with Crippen molar-refractivity contribution >= 4 is 51.7 Å². The van der Waals surface area contributed by atoms with Gasteiger partial charge in [0.2, 0.25) is 0 Å². The number of carbonyl (C=O) groups is 1. The van der Waals surface area contributed by atoms with Crippen molar-refractivity contribution in [1.29, 1.82) is 0 Å². The topological polar surface area (TPSA) is 76.4 Å². The number of anilines is 1. The second-order valence-corrected chi connectivity index (χ2v) is 9.09. The lowest BCUT2D eigenvalue weighted by Crippen LogP contribution is -2.46. The van der Waals surface area contributed by atoms with E-state index in [2.05, 4.69) is 4.90 Å². The molecular formula is C20H20N4O4S2. The quantitative estimate of drug-likeness (QED) is 0.513. The van der Waals surface area contributed by atoms with Crippen LogP contribution in [0.15, 0.2) is 34.1 Å². The van der Waals surface area contributed by atoms with Crippen molar-refractivity contribution in [3.63, 3.8) is 0 Å². The predicted molar refractivity (Wildman–Crippen MR) is 118 cm³/mol. The average molecular weight is 445 g/mol. The number of thioether (sulfide) groups is 1. The molecule has 3 fully saturated rings. The van der Waals surface area contributed by atoms with Gasteiger partial charge in [-0.25, -0.2) is 4.98 Å². The van der Waals surface area contributed by atoms with Crippen LogP contribution in [-0.2, 0) is 14.3 Å². The Balaban J connectivity index is 1.59. The van der Waals surface area contributed by atoms with Crippen molar-refractivity contribution in [2.24, 2.45) is 0 Å². The van der Waals surface area contributed by atoms with Gasteiger partial charge in [0.25, 0.3) is 11.5 Å². The minimum atomic E-state index is -0.521. The number of pyridine rings is 1. The van der Waals surface area contributed by atoms with Gasteiger partial charge in [-0.05, 0) is 18.2 Å². The zero-order chi connectivity index (χ0) is 20.9. The Labute approximate surface area is 182 Å². The van der Waals surface area contributed by atoms with Gasteiger partial charge in [-0.1, -0.05) is 30.0 Å². The fourth-order valence-electron chi connectivity index (χ4n) is 3.98. The maximum absolute atomic E-state index is 13.3. The highest BCUT2D eigenvalue weighted by Gasteiger charge is 2.40. The van der Waals surface area contributed by atoms with Crippen molar-refractivity contribution in [2.75, 3.05) is 38.3 Å². The standard InChI is InChI=1S/C20H20N4O4S2/c1-22-18(26)14(30-19(22)29)12-13-16(21-15-4-2-3-7-24(15)17(13)25)23-8-5-20(6-9-23)27-10-11-28-20/h2-4,7,12H,5-6,8-11H2,1H3. The van der Waals surface area contributed by atoms with Gasteiger partial charge >= 0.3 is 0 Å². The van der Waals surface area contributed by atoms with E-state index in [1.807, 2.05) is 6.07 Å². The third-order valence-electron chi connectivity index (χ3n) is 5.65. The van der Waals surface area contributed by atoms with Crippen LogP contribution in [0, 0.1) is 0 Å². The molecule has 5 heterocycles. The van der Waals surface area contributed by atoms with E-state index in [9.17, 15) is 9.59 Å². The van der Waals surface area contributed by atoms with Crippen molar-refractivity contribution < 1.29 is 14.3 Å². The van der Waals surface area contributed by atoms with Crippen LogP contribution in [0.2, 0.25) is 0 Å². The number of hydrogen-bond acceptors (Lipinski definition) is 8. The maximum atomic E-state index is 13.3. The zero-order valence-electron chi connectivity index (χ0n) is 16.4. The normalized spacial score (nSPS) is 22.8. The summed E-state index contributed by atoms with van der Waals surface area (Å²) in [5, 5.41) is 0. The third-order valence-corrected chi connectivity index (χ3v) is 7.13. The molecule has 10 heteroatoms. The SMILES string of the molecule is CN1C(=O)C(=Cc2c(N3CCC4(CC3)OCCO4)nc3ccccn3c2=O)SC1=S.